The highest BCUT2D eigenvalue weighted by Gasteiger charge is 2.20. The Bertz CT molecular complexity index is 1050. The molecule has 0 aliphatic carbocycles. The second-order valence-electron chi connectivity index (χ2n) is 6.80. The Balaban J connectivity index is 1.74. The lowest BCUT2D eigenvalue weighted by atomic mass is 10.0. The predicted molar refractivity (Wildman–Crippen MR) is 118 cm³/mol. The molecule has 0 saturated heterocycles. The van der Waals surface area contributed by atoms with Gasteiger partial charge in [-0.2, -0.15) is 0 Å². The Morgan fingerprint density at radius 1 is 0.867 bits per heavy atom. The number of benzene rings is 3. The van der Waals surface area contributed by atoms with Gasteiger partial charge in [-0.3, -0.25) is 14.4 Å². The fraction of sp³-hybridized carbons (Fsp3) is 0.125. The van der Waals surface area contributed by atoms with Crippen LogP contribution in [0.3, 0.4) is 0 Å². The number of Topliss-reactive ketones (excluding diaryl/α,β-unsaturated/α-hetero) is 1. The molecule has 0 spiro atoms. The lowest BCUT2D eigenvalue weighted by molar-refractivity contribution is -0.116. The van der Waals surface area contributed by atoms with E-state index in [4.69, 9.17) is 11.6 Å². The van der Waals surface area contributed by atoms with Crippen LogP contribution in [0.1, 0.15) is 45.7 Å². The Kier molecular flexibility index (Phi) is 6.99. The maximum Gasteiger partial charge on any atom is 0.253 e. The second kappa shape index (κ2) is 9.85. The minimum atomic E-state index is -0.536. The van der Waals surface area contributed by atoms with Crippen molar-refractivity contribution in [2.75, 3.05) is 5.32 Å². The highest BCUT2D eigenvalue weighted by molar-refractivity contribution is 6.33. The fourth-order valence-corrected chi connectivity index (χ4v) is 3.23. The van der Waals surface area contributed by atoms with E-state index in [1.165, 1.54) is 6.92 Å². The van der Waals surface area contributed by atoms with Crippen molar-refractivity contribution >= 4 is 34.9 Å². The van der Waals surface area contributed by atoms with Crippen molar-refractivity contribution in [3.63, 3.8) is 0 Å². The topological polar surface area (TPSA) is 75.3 Å². The molecule has 1 atom stereocenters. The highest BCUT2D eigenvalue weighted by atomic mass is 35.5. The maximum absolute atomic E-state index is 12.7. The molecule has 0 saturated carbocycles. The van der Waals surface area contributed by atoms with Gasteiger partial charge in [0, 0.05) is 11.3 Å². The summed E-state index contributed by atoms with van der Waals surface area (Å²) in [6, 6.07) is 22.2. The van der Waals surface area contributed by atoms with Crippen molar-refractivity contribution in [2.24, 2.45) is 0 Å². The van der Waals surface area contributed by atoms with Crippen LogP contribution in [0.2, 0.25) is 5.02 Å². The number of hydrogen-bond donors (Lipinski definition) is 2. The molecule has 0 aliphatic heterocycles. The minimum absolute atomic E-state index is 0.0364. The highest BCUT2D eigenvalue weighted by Crippen LogP contribution is 2.21. The molecule has 0 unspecified atom stereocenters. The first-order chi connectivity index (χ1) is 14.4. The van der Waals surface area contributed by atoms with E-state index in [1.54, 1.807) is 48.5 Å². The Hall–Kier alpha value is -3.44. The number of anilines is 1. The van der Waals surface area contributed by atoms with E-state index >= 15 is 0 Å². The molecule has 3 aromatic carbocycles. The number of amides is 2. The van der Waals surface area contributed by atoms with Gasteiger partial charge in [-0.15, -0.1) is 0 Å². The van der Waals surface area contributed by atoms with Gasteiger partial charge in [0.05, 0.1) is 23.0 Å². The number of carbonyl (C=O) groups excluding carboxylic acids is 3. The molecule has 30 heavy (non-hydrogen) atoms. The second-order valence-corrected chi connectivity index (χ2v) is 7.21. The van der Waals surface area contributed by atoms with Crippen molar-refractivity contribution < 1.29 is 14.4 Å². The van der Waals surface area contributed by atoms with Crippen LogP contribution in [-0.2, 0) is 4.79 Å². The van der Waals surface area contributed by atoms with Gasteiger partial charge in [0.1, 0.15) is 0 Å². The summed E-state index contributed by atoms with van der Waals surface area (Å²) >= 11 is 6.13. The molecule has 0 aliphatic rings. The van der Waals surface area contributed by atoms with E-state index in [2.05, 4.69) is 10.6 Å². The van der Waals surface area contributed by atoms with Gasteiger partial charge in [-0.25, -0.2) is 0 Å². The average molecular weight is 421 g/mol. The van der Waals surface area contributed by atoms with Gasteiger partial charge in [-0.05, 0) is 48.9 Å². The largest absolute Gasteiger partial charge is 0.345 e. The molecule has 6 heteroatoms. The molecule has 3 aromatic rings. The van der Waals surface area contributed by atoms with Crippen molar-refractivity contribution in [2.45, 2.75) is 19.4 Å². The zero-order chi connectivity index (χ0) is 21.5. The van der Waals surface area contributed by atoms with E-state index in [9.17, 15) is 14.4 Å². The summed E-state index contributed by atoms with van der Waals surface area (Å²) in [4.78, 5) is 36.8. The molecule has 152 valence electrons. The van der Waals surface area contributed by atoms with Gasteiger partial charge in [0.15, 0.2) is 5.78 Å². The van der Waals surface area contributed by atoms with Crippen LogP contribution < -0.4 is 10.6 Å². The first-order valence-corrected chi connectivity index (χ1v) is 9.83. The standard InChI is InChI=1S/C24H21ClN2O3/c1-16(28)17-11-13-19(14-12-17)26-23(29)15-22(18-7-3-2-4-8-18)27-24(30)20-9-5-6-10-21(20)25/h2-14,22H,15H2,1H3,(H,26,29)(H,27,30)/t22-/m1/s1. The lowest BCUT2D eigenvalue weighted by Gasteiger charge is -2.19. The molecule has 0 heterocycles. The van der Waals surface area contributed by atoms with Crippen molar-refractivity contribution in [1.82, 2.24) is 5.32 Å². The Labute approximate surface area is 180 Å². The van der Waals surface area contributed by atoms with E-state index in [1.807, 2.05) is 30.3 Å². The Morgan fingerprint density at radius 2 is 1.50 bits per heavy atom. The van der Waals surface area contributed by atoms with Crippen LogP contribution in [0.5, 0.6) is 0 Å². The molecule has 0 radical (unpaired) electrons. The molecule has 5 nitrogen and oxygen atoms in total. The quantitative estimate of drug-likeness (QED) is 0.525. The van der Waals surface area contributed by atoms with Crippen LogP contribution in [-0.4, -0.2) is 17.6 Å². The number of hydrogen-bond acceptors (Lipinski definition) is 3. The van der Waals surface area contributed by atoms with Crippen molar-refractivity contribution in [1.29, 1.82) is 0 Å². The van der Waals surface area contributed by atoms with Crippen molar-refractivity contribution in [3.8, 4) is 0 Å². The fourth-order valence-electron chi connectivity index (χ4n) is 3.00. The van der Waals surface area contributed by atoms with Crippen LogP contribution in [0.25, 0.3) is 0 Å². The number of nitrogens with one attached hydrogen (secondary N) is 2. The normalized spacial score (nSPS) is 11.4. The van der Waals surface area contributed by atoms with E-state index < -0.39 is 6.04 Å². The van der Waals surface area contributed by atoms with E-state index in [0.29, 0.717) is 21.8 Å². The third-order valence-electron chi connectivity index (χ3n) is 4.59. The summed E-state index contributed by atoms with van der Waals surface area (Å²) in [5.74, 6) is -0.661. The molecule has 0 fully saturated rings. The zero-order valence-corrected chi connectivity index (χ0v) is 17.1. The van der Waals surface area contributed by atoms with Gasteiger partial charge in [0.2, 0.25) is 5.91 Å². The summed E-state index contributed by atoms with van der Waals surface area (Å²) in [6.45, 7) is 1.49. The first-order valence-electron chi connectivity index (χ1n) is 9.45. The zero-order valence-electron chi connectivity index (χ0n) is 16.4. The molecule has 0 bridgehead atoms. The van der Waals surface area contributed by atoms with Crippen LogP contribution in [0.4, 0.5) is 5.69 Å². The molecule has 0 aromatic heterocycles. The summed E-state index contributed by atoms with van der Waals surface area (Å²) in [5, 5.41) is 6.05. The number of rotatable bonds is 7. The monoisotopic (exact) mass is 420 g/mol. The predicted octanol–water partition coefficient (Wildman–Crippen LogP) is 5.04. The molecule has 2 N–H and O–H groups in total. The van der Waals surface area contributed by atoms with Gasteiger partial charge >= 0.3 is 0 Å². The third-order valence-corrected chi connectivity index (χ3v) is 4.92. The maximum atomic E-state index is 12.7. The third kappa shape index (κ3) is 5.55. The summed E-state index contributed by atoms with van der Waals surface area (Å²) in [7, 11) is 0. The number of ketones is 1. The van der Waals surface area contributed by atoms with Crippen LogP contribution >= 0.6 is 11.6 Å². The summed E-state index contributed by atoms with van der Waals surface area (Å²) in [5.41, 5.74) is 2.30. The van der Waals surface area contributed by atoms with Gasteiger partial charge in [0.25, 0.3) is 5.91 Å². The SMILES string of the molecule is CC(=O)c1ccc(NC(=O)C[C@@H](NC(=O)c2ccccc2Cl)c2ccccc2)cc1. The molecule has 2 amide bonds. The van der Waals surface area contributed by atoms with Crippen LogP contribution in [0, 0.1) is 0 Å². The van der Waals surface area contributed by atoms with Gasteiger partial charge in [-0.1, -0.05) is 54.1 Å². The Morgan fingerprint density at radius 3 is 2.13 bits per heavy atom. The molecular weight excluding hydrogens is 400 g/mol. The van der Waals surface area contributed by atoms with E-state index in [-0.39, 0.29) is 24.0 Å². The van der Waals surface area contributed by atoms with E-state index in [0.717, 1.165) is 5.56 Å². The summed E-state index contributed by atoms with van der Waals surface area (Å²) < 4.78 is 0. The van der Waals surface area contributed by atoms with Crippen LogP contribution in [0.15, 0.2) is 78.9 Å². The lowest BCUT2D eigenvalue weighted by Crippen LogP contribution is -2.31. The molecular formula is C24H21ClN2O3. The average Bonchev–Trinajstić information content (AvgIpc) is 2.74. The molecule has 3 rings (SSSR count). The number of carbonyl (C=O) groups is 3. The van der Waals surface area contributed by atoms with Crippen molar-refractivity contribution in [3.05, 3.63) is 101 Å². The van der Waals surface area contributed by atoms with Gasteiger partial charge < -0.3 is 10.6 Å². The smallest absolute Gasteiger partial charge is 0.253 e. The number of halogens is 1. The minimum Gasteiger partial charge on any atom is -0.345 e. The summed E-state index contributed by atoms with van der Waals surface area (Å²) in [6.07, 6.45) is 0.0364. The first kappa shape index (κ1) is 21.3.